The Labute approximate surface area is 193 Å². The van der Waals surface area contributed by atoms with Gasteiger partial charge in [0.1, 0.15) is 17.2 Å². The fourth-order valence-corrected chi connectivity index (χ4v) is 3.74. The van der Waals surface area contributed by atoms with E-state index >= 15 is 0 Å². The first-order chi connectivity index (χ1) is 16.0. The van der Waals surface area contributed by atoms with Gasteiger partial charge in [0, 0.05) is 5.69 Å². The minimum absolute atomic E-state index is 0.168. The summed E-state index contributed by atoms with van der Waals surface area (Å²) in [6.45, 7) is 2.25. The molecule has 0 bridgehead atoms. The topological polar surface area (TPSA) is 67.9 Å². The van der Waals surface area contributed by atoms with Crippen molar-refractivity contribution in [2.75, 3.05) is 19.5 Å². The molecule has 3 aromatic rings. The molecule has 0 unspecified atom stereocenters. The summed E-state index contributed by atoms with van der Waals surface area (Å²) in [6, 6.07) is 22.3. The molecule has 0 saturated carbocycles. The van der Waals surface area contributed by atoms with Crippen LogP contribution in [-0.4, -0.2) is 30.9 Å². The molecule has 1 aliphatic heterocycles. The van der Waals surface area contributed by atoms with Crippen molar-refractivity contribution in [2.24, 2.45) is 0 Å². The molecule has 3 aromatic carbocycles. The second-order valence-corrected chi connectivity index (χ2v) is 7.70. The number of ether oxygens (including phenoxy) is 2. The summed E-state index contributed by atoms with van der Waals surface area (Å²) in [7, 11) is 3.18. The first-order valence-electron chi connectivity index (χ1n) is 10.8. The average molecular weight is 443 g/mol. The molecule has 33 heavy (non-hydrogen) atoms. The number of hydrogen-bond donors (Lipinski definition) is 1. The molecular weight excluding hydrogens is 416 g/mol. The Bertz CT molecular complexity index is 1180. The zero-order chi connectivity index (χ0) is 23.4. The number of aryl methyl sites for hydroxylation is 1. The molecule has 0 aliphatic carbocycles. The van der Waals surface area contributed by atoms with Crippen molar-refractivity contribution in [3.63, 3.8) is 0 Å². The lowest BCUT2D eigenvalue weighted by atomic mass is 10.0. The lowest BCUT2D eigenvalue weighted by Gasteiger charge is -2.16. The van der Waals surface area contributed by atoms with Gasteiger partial charge in [-0.05, 0) is 59.5 Å². The number of nitrogens with zero attached hydrogens (tertiary/aromatic N) is 1. The van der Waals surface area contributed by atoms with Crippen LogP contribution in [-0.2, 0) is 22.6 Å². The summed E-state index contributed by atoms with van der Waals surface area (Å²) in [5.41, 5.74) is 4.04. The van der Waals surface area contributed by atoms with E-state index in [9.17, 15) is 9.59 Å². The average Bonchev–Trinajstić information content (AvgIpc) is 3.09. The summed E-state index contributed by atoms with van der Waals surface area (Å²) in [4.78, 5) is 28.1. The van der Waals surface area contributed by atoms with Gasteiger partial charge in [-0.25, -0.2) is 0 Å². The molecule has 0 atom stereocenters. The van der Waals surface area contributed by atoms with Crippen LogP contribution in [0.2, 0.25) is 0 Å². The minimum Gasteiger partial charge on any atom is -0.497 e. The highest BCUT2D eigenvalue weighted by molar-refractivity contribution is 6.36. The van der Waals surface area contributed by atoms with Gasteiger partial charge in [-0.3, -0.25) is 14.5 Å². The monoisotopic (exact) mass is 442 g/mol. The van der Waals surface area contributed by atoms with Crippen molar-refractivity contribution in [1.29, 1.82) is 0 Å². The highest BCUT2D eigenvalue weighted by Crippen LogP contribution is 2.32. The Morgan fingerprint density at radius 2 is 1.27 bits per heavy atom. The first-order valence-corrected chi connectivity index (χ1v) is 10.8. The smallest absolute Gasteiger partial charge is 0.278 e. The summed E-state index contributed by atoms with van der Waals surface area (Å²) in [5.74, 6) is 0.693. The molecule has 6 nitrogen and oxygen atoms in total. The molecular formula is C27H26N2O4. The number of methoxy groups -OCH3 is 2. The van der Waals surface area contributed by atoms with E-state index in [1.54, 1.807) is 38.5 Å². The first kappa shape index (κ1) is 22.1. The Morgan fingerprint density at radius 3 is 1.82 bits per heavy atom. The van der Waals surface area contributed by atoms with E-state index in [0.29, 0.717) is 22.6 Å². The van der Waals surface area contributed by atoms with E-state index in [4.69, 9.17) is 9.47 Å². The molecule has 4 rings (SSSR count). The number of benzene rings is 3. The third-order valence-electron chi connectivity index (χ3n) is 5.68. The normalized spacial score (nSPS) is 13.5. The summed E-state index contributed by atoms with van der Waals surface area (Å²) in [6.07, 6.45) is 0.924. The zero-order valence-corrected chi connectivity index (χ0v) is 18.9. The van der Waals surface area contributed by atoms with E-state index in [0.717, 1.165) is 17.7 Å². The maximum atomic E-state index is 13.5. The van der Waals surface area contributed by atoms with Gasteiger partial charge in [-0.1, -0.05) is 43.3 Å². The number of carbonyl (C=O) groups excluding carboxylic acids is 2. The predicted molar refractivity (Wildman–Crippen MR) is 128 cm³/mol. The SMILES string of the molecule is CCc1ccc(NC2=C(c3ccc(OC)cc3)C(=O)N(Cc3ccc(OC)cc3)C2=O)cc1. The Kier molecular flexibility index (Phi) is 6.45. The second-order valence-electron chi connectivity index (χ2n) is 7.70. The van der Waals surface area contributed by atoms with Crippen molar-refractivity contribution < 1.29 is 19.1 Å². The van der Waals surface area contributed by atoms with E-state index in [1.165, 1.54) is 10.5 Å². The number of carbonyl (C=O) groups is 2. The standard InChI is InChI=1S/C27H26N2O4/c1-4-18-5-11-21(12-6-18)28-25-24(20-9-15-23(33-3)16-10-20)26(30)29(27(25)31)17-19-7-13-22(32-2)14-8-19/h5-16,28H,4,17H2,1-3H3. The fourth-order valence-electron chi connectivity index (χ4n) is 3.74. The van der Waals surface area contributed by atoms with Gasteiger partial charge < -0.3 is 14.8 Å². The van der Waals surface area contributed by atoms with Gasteiger partial charge in [0.25, 0.3) is 11.8 Å². The second kappa shape index (κ2) is 9.61. The van der Waals surface area contributed by atoms with Crippen LogP contribution in [0.3, 0.4) is 0 Å². The van der Waals surface area contributed by atoms with Gasteiger partial charge in [0.15, 0.2) is 0 Å². The van der Waals surface area contributed by atoms with Crippen molar-refractivity contribution in [2.45, 2.75) is 19.9 Å². The Balaban J connectivity index is 1.69. The van der Waals surface area contributed by atoms with Gasteiger partial charge in [0.2, 0.25) is 0 Å². The lowest BCUT2D eigenvalue weighted by molar-refractivity contribution is -0.137. The summed E-state index contributed by atoms with van der Waals surface area (Å²) < 4.78 is 10.4. The van der Waals surface area contributed by atoms with Crippen molar-refractivity contribution in [3.05, 3.63) is 95.2 Å². The highest BCUT2D eigenvalue weighted by Gasteiger charge is 2.39. The highest BCUT2D eigenvalue weighted by atomic mass is 16.5. The van der Waals surface area contributed by atoms with Crippen LogP contribution < -0.4 is 14.8 Å². The predicted octanol–water partition coefficient (Wildman–Crippen LogP) is 4.66. The van der Waals surface area contributed by atoms with Gasteiger partial charge >= 0.3 is 0 Å². The minimum atomic E-state index is -0.360. The maximum Gasteiger partial charge on any atom is 0.278 e. The molecule has 0 radical (unpaired) electrons. The molecule has 6 heteroatoms. The fraction of sp³-hybridized carbons (Fsp3) is 0.185. The van der Waals surface area contributed by atoms with Crippen LogP contribution in [0.15, 0.2) is 78.5 Å². The molecule has 1 aliphatic rings. The van der Waals surface area contributed by atoms with Crippen molar-refractivity contribution in [3.8, 4) is 11.5 Å². The number of hydrogen-bond acceptors (Lipinski definition) is 5. The molecule has 1 N–H and O–H groups in total. The lowest BCUT2D eigenvalue weighted by Crippen LogP contribution is -2.32. The van der Waals surface area contributed by atoms with Crippen LogP contribution in [0.4, 0.5) is 5.69 Å². The van der Waals surface area contributed by atoms with Crippen LogP contribution in [0.1, 0.15) is 23.6 Å². The third kappa shape index (κ3) is 4.60. The van der Waals surface area contributed by atoms with Gasteiger partial charge in [-0.15, -0.1) is 0 Å². The number of imide groups is 1. The van der Waals surface area contributed by atoms with Gasteiger partial charge in [-0.2, -0.15) is 0 Å². The van der Waals surface area contributed by atoms with Crippen molar-refractivity contribution >= 4 is 23.1 Å². The Morgan fingerprint density at radius 1 is 0.727 bits per heavy atom. The van der Waals surface area contributed by atoms with E-state index in [-0.39, 0.29) is 24.1 Å². The molecule has 0 saturated heterocycles. The molecule has 168 valence electrons. The summed E-state index contributed by atoms with van der Waals surface area (Å²) in [5, 5.41) is 3.20. The van der Waals surface area contributed by atoms with Gasteiger partial charge in [0.05, 0.1) is 26.3 Å². The van der Waals surface area contributed by atoms with E-state index in [2.05, 4.69) is 12.2 Å². The number of rotatable bonds is 8. The maximum absolute atomic E-state index is 13.5. The number of amides is 2. The number of nitrogens with one attached hydrogen (secondary N) is 1. The number of anilines is 1. The largest absolute Gasteiger partial charge is 0.497 e. The van der Waals surface area contributed by atoms with Crippen LogP contribution in [0.25, 0.3) is 5.57 Å². The molecule has 0 aromatic heterocycles. The van der Waals surface area contributed by atoms with Crippen LogP contribution in [0, 0.1) is 0 Å². The van der Waals surface area contributed by atoms with Crippen molar-refractivity contribution in [1.82, 2.24) is 4.90 Å². The summed E-state index contributed by atoms with van der Waals surface area (Å²) >= 11 is 0. The molecule has 0 fully saturated rings. The Hall–Kier alpha value is -4.06. The van der Waals surface area contributed by atoms with E-state index < -0.39 is 0 Å². The van der Waals surface area contributed by atoms with E-state index in [1.807, 2.05) is 48.5 Å². The van der Waals surface area contributed by atoms with Crippen LogP contribution >= 0.6 is 0 Å². The zero-order valence-electron chi connectivity index (χ0n) is 18.9. The van der Waals surface area contributed by atoms with Crippen LogP contribution in [0.5, 0.6) is 11.5 Å². The molecule has 2 amide bonds. The quantitative estimate of drug-likeness (QED) is 0.514. The third-order valence-corrected chi connectivity index (χ3v) is 5.68. The molecule has 1 heterocycles. The molecule has 0 spiro atoms.